The Kier molecular flexibility index (Phi) is 15.9. The maximum atomic E-state index is 13.0. The molecule has 14 nitrogen and oxygen atoms in total. The number of rotatable bonds is 18. The van der Waals surface area contributed by atoms with Crippen LogP contribution in [0.3, 0.4) is 0 Å². The molecule has 0 aliphatic heterocycles. The van der Waals surface area contributed by atoms with E-state index in [1.54, 1.807) is 13.8 Å². The third kappa shape index (κ3) is 13.7. The number of aliphatic imine (C=N–C) groups is 1. The summed E-state index contributed by atoms with van der Waals surface area (Å²) in [6, 6.07) is -4.34. The number of aliphatic carboxylic acids is 1. The third-order valence-electron chi connectivity index (χ3n) is 5.09. The normalized spacial score (nSPS) is 14.1. The standard InChI is InChI=1S/C21H40N8O6S/c1-11(2)16(29-17(31)12(22)6-7-15(23)30)19(33)27-13(5-4-9-26-21(24)25)18(32)28-14(20(34)35)8-10-36-3/h11-14,16H,4-10,22H2,1-3H3,(H2,23,30)(H,27,33)(H,28,32)(H,29,31)(H,34,35)(H4,24,25,26). The Balaban J connectivity index is 5.51. The van der Waals surface area contributed by atoms with E-state index in [-0.39, 0.29) is 44.1 Å². The summed E-state index contributed by atoms with van der Waals surface area (Å²) in [6.07, 6.45) is 2.36. The first-order chi connectivity index (χ1) is 16.8. The summed E-state index contributed by atoms with van der Waals surface area (Å²) in [6.45, 7) is 3.57. The molecule has 206 valence electrons. The zero-order valence-electron chi connectivity index (χ0n) is 21.0. The second kappa shape index (κ2) is 17.4. The molecule has 0 aromatic carbocycles. The lowest BCUT2D eigenvalue weighted by molar-refractivity contribution is -0.142. The fraction of sp³-hybridized carbons (Fsp3) is 0.714. The molecule has 0 aliphatic carbocycles. The minimum atomic E-state index is -1.19. The van der Waals surface area contributed by atoms with Gasteiger partial charge < -0.3 is 44.0 Å². The average molecular weight is 533 g/mol. The van der Waals surface area contributed by atoms with Gasteiger partial charge in [0.2, 0.25) is 23.6 Å². The predicted molar refractivity (Wildman–Crippen MR) is 138 cm³/mol. The summed E-state index contributed by atoms with van der Waals surface area (Å²) in [5, 5.41) is 17.0. The van der Waals surface area contributed by atoms with Crippen LogP contribution < -0.4 is 38.9 Å². The lowest BCUT2D eigenvalue weighted by Gasteiger charge is -2.27. The molecule has 0 saturated heterocycles. The molecule has 0 bridgehead atoms. The lowest BCUT2D eigenvalue weighted by atomic mass is 10.0. The summed E-state index contributed by atoms with van der Waals surface area (Å²) in [4.78, 5) is 64.8. The molecule has 0 aromatic heterocycles. The Morgan fingerprint density at radius 3 is 2.00 bits per heavy atom. The Hall–Kier alpha value is -3.07. The second-order valence-electron chi connectivity index (χ2n) is 8.53. The number of primary amides is 1. The Labute approximate surface area is 215 Å². The zero-order chi connectivity index (χ0) is 27.8. The number of hydrogen-bond donors (Lipinski definition) is 8. The molecule has 0 aliphatic rings. The van der Waals surface area contributed by atoms with E-state index in [1.165, 1.54) is 11.8 Å². The predicted octanol–water partition coefficient (Wildman–Crippen LogP) is -2.42. The molecule has 0 aromatic rings. The van der Waals surface area contributed by atoms with Crippen molar-refractivity contribution in [3.8, 4) is 0 Å². The highest BCUT2D eigenvalue weighted by atomic mass is 32.2. The van der Waals surface area contributed by atoms with Crippen LogP contribution in [-0.2, 0) is 24.0 Å². The van der Waals surface area contributed by atoms with Gasteiger partial charge in [0.15, 0.2) is 5.96 Å². The maximum absolute atomic E-state index is 13.0. The van der Waals surface area contributed by atoms with Crippen molar-refractivity contribution in [1.29, 1.82) is 0 Å². The van der Waals surface area contributed by atoms with Gasteiger partial charge >= 0.3 is 5.97 Å². The van der Waals surface area contributed by atoms with Crippen molar-refractivity contribution in [3.63, 3.8) is 0 Å². The van der Waals surface area contributed by atoms with E-state index >= 15 is 0 Å². The number of guanidine groups is 1. The van der Waals surface area contributed by atoms with Crippen molar-refractivity contribution >= 4 is 47.3 Å². The van der Waals surface area contributed by atoms with Gasteiger partial charge in [0, 0.05) is 13.0 Å². The summed E-state index contributed by atoms with van der Waals surface area (Å²) in [7, 11) is 0. The van der Waals surface area contributed by atoms with Crippen molar-refractivity contribution in [2.75, 3.05) is 18.6 Å². The first kappa shape index (κ1) is 32.9. The Bertz CT molecular complexity index is 790. The van der Waals surface area contributed by atoms with Crippen LogP contribution in [0.1, 0.15) is 46.0 Å². The van der Waals surface area contributed by atoms with Crippen molar-refractivity contribution in [2.45, 2.75) is 70.1 Å². The first-order valence-electron chi connectivity index (χ1n) is 11.5. The summed E-state index contributed by atoms with van der Waals surface area (Å²) in [5.74, 6) is -3.79. The van der Waals surface area contributed by atoms with Crippen molar-refractivity contribution in [3.05, 3.63) is 0 Å². The molecule has 0 saturated carbocycles. The smallest absolute Gasteiger partial charge is 0.326 e. The number of carbonyl (C=O) groups excluding carboxylic acids is 4. The van der Waals surface area contributed by atoms with Crippen LogP contribution in [0.5, 0.6) is 0 Å². The average Bonchev–Trinajstić information content (AvgIpc) is 2.79. The van der Waals surface area contributed by atoms with Crippen LogP contribution in [-0.4, -0.2) is 83.4 Å². The van der Waals surface area contributed by atoms with Gasteiger partial charge in [-0.3, -0.25) is 24.2 Å². The van der Waals surface area contributed by atoms with E-state index in [4.69, 9.17) is 22.9 Å². The van der Waals surface area contributed by atoms with Crippen LogP contribution in [0.25, 0.3) is 0 Å². The molecular formula is C21H40N8O6S. The summed E-state index contributed by atoms with van der Waals surface area (Å²) < 4.78 is 0. The lowest BCUT2D eigenvalue weighted by Crippen LogP contribution is -2.58. The number of carbonyl (C=O) groups is 5. The van der Waals surface area contributed by atoms with Crippen molar-refractivity contribution in [2.24, 2.45) is 33.8 Å². The summed E-state index contributed by atoms with van der Waals surface area (Å²) in [5.41, 5.74) is 21.5. The Morgan fingerprint density at radius 2 is 1.50 bits per heavy atom. The Morgan fingerprint density at radius 1 is 0.889 bits per heavy atom. The van der Waals surface area contributed by atoms with Crippen molar-refractivity contribution in [1.82, 2.24) is 16.0 Å². The maximum Gasteiger partial charge on any atom is 0.326 e. The number of carboxylic acids is 1. The van der Waals surface area contributed by atoms with Crippen LogP contribution in [0.15, 0.2) is 4.99 Å². The van der Waals surface area contributed by atoms with E-state index in [0.717, 1.165) is 0 Å². The number of nitrogens with one attached hydrogen (secondary N) is 3. The highest BCUT2D eigenvalue weighted by Gasteiger charge is 2.31. The largest absolute Gasteiger partial charge is 0.480 e. The molecule has 4 amide bonds. The SMILES string of the molecule is CSCCC(NC(=O)C(CCCN=C(N)N)NC(=O)C(NC(=O)C(N)CCC(N)=O)C(C)C)C(=O)O. The number of nitrogens with two attached hydrogens (primary N) is 4. The molecule has 0 heterocycles. The van der Waals surface area contributed by atoms with Gasteiger partial charge in [-0.05, 0) is 43.6 Å². The number of thioether (sulfide) groups is 1. The highest BCUT2D eigenvalue weighted by molar-refractivity contribution is 7.98. The zero-order valence-corrected chi connectivity index (χ0v) is 21.8. The summed E-state index contributed by atoms with van der Waals surface area (Å²) >= 11 is 1.43. The quantitative estimate of drug-likeness (QED) is 0.0526. The molecule has 0 radical (unpaired) electrons. The third-order valence-corrected chi connectivity index (χ3v) is 5.73. The van der Waals surface area contributed by atoms with Crippen LogP contribution in [0, 0.1) is 5.92 Å². The molecule has 0 rings (SSSR count). The molecule has 4 atom stereocenters. The van der Waals surface area contributed by atoms with Gasteiger partial charge in [-0.2, -0.15) is 11.8 Å². The van der Waals surface area contributed by atoms with Crippen LogP contribution in [0.4, 0.5) is 0 Å². The van der Waals surface area contributed by atoms with Gasteiger partial charge in [0.25, 0.3) is 0 Å². The fourth-order valence-corrected chi connectivity index (χ4v) is 3.49. The number of carboxylic acid groups (broad SMARTS) is 1. The van der Waals surface area contributed by atoms with E-state index in [1.807, 2.05) is 6.26 Å². The minimum absolute atomic E-state index is 0.00997. The van der Waals surface area contributed by atoms with Crippen molar-refractivity contribution < 1.29 is 29.1 Å². The fourth-order valence-electron chi connectivity index (χ4n) is 3.02. The second-order valence-corrected chi connectivity index (χ2v) is 9.52. The van der Waals surface area contributed by atoms with E-state index in [2.05, 4.69) is 20.9 Å². The van der Waals surface area contributed by atoms with Crippen LogP contribution in [0.2, 0.25) is 0 Å². The van der Waals surface area contributed by atoms with Crippen LogP contribution >= 0.6 is 11.8 Å². The molecule has 36 heavy (non-hydrogen) atoms. The minimum Gasteiger partial charge on any atom is -0.480 e. The monoisotopic (exact) mass is 532 g/mol. The van der Waals surface area contributed by atoms with E-state index in [9.17, 15) is 29.1 Å². The molecule has 0 spiro atoms. The van der Waals surface area contributed by atoms with Gasteiger partial charge in [0.05, 0.1) is 6.04 Å². The molecule has 0 fully saturated rings. The van der Waals surface area contributed by atoms with E-state index in [0.29, 0.717) is 12.2 Å². The van der Waals surface area contributed by atoms with Gasteiger partial charge in [-0.1, -0.05) is 13.8 Å². The molecule has 4 unspecified atom stereocenters. The van der Waals surface area contributed by atoms with Gasteiger partial charge in [-0.25, -0.2) is 4.79 Å². The number of nitrogens with zero attached hydrogens (tertiary/aromatic N) is 1. The highest BCUT2D eigenvalue weighted by Crippen LogP contribution is 2.08. The molecule has 15 heteroatoms. The van der Waals surface area contributed by atoms with E-state index < -0.39 is 53.8 Å². The van der Waals surface area contributed by atoms with Gasteiger partial charge in [-0.15, -0.1) is 0 Å². The topological polar surface area (TPSA) is 258 Å². The number of hydrogen-bond acceptors (Lipinski definition) is 8. The first-order valence-corrected chi connectivity index (χ1v) is 12.9. The number of amides is 4. The van der Waals surface area contributed by atoms with Gasteiger partial charge in [0.1, 0.15) is 18.1 Å². The molecular weight excluding hydrogens is 492 g/mol. The molecule has 12 N–H and O–H groups in total.